The third kappa shape index (κ3) is 13.0. The van der Waals surface area contributed by atoms with Gasteiger partial charge in [-0.15, -0.1) is 0 Å². The third-order valence-electron chi connectivity index (χ3n) is 12.8. The number of rotatable bonds is 10. The zero-order valence-corrected chi connectivity index (χ0v) is 44.9. The number of carbonyl (C=O) groups excluding carboxylic acids is 2. The Balaban J connectivity index is 1.14. The summed E-state index contributed by atoms with van der Waals surface area (Å²) in [7, 11) is 8.15. The summed E-state index contributed by atoms with van der Waals surface area (Å²) in [5.41, 5.74) is 14.1. The molecule has 0 bridgehead atoms. The molecule has 0 saturated heterocycles. The molecule has 0 aromatic heterocycles. The maximum Gasteiger partial charge on any atom is 0.346 e. The molecule has 2 atom stereocenters. The van der Waals surface area contributed by atoms with Crippen molar-refractivity contribution in [2.24, 2.45) is 0 Å². The van der Waals surface area contributed by atoms with Crippen LogP contribution in [0.2, 0.25) is 0 Å². The molecule has 7 heteroatoms. The first-order chi connectivity index (χ1) is 33.0. The molecule has 71 heavy (non-hydrogen) atoms. The Hall–Kier alpha value is -6.72. The van der Waals surface area contributed by atoms with Crippen molar-refractivity contribution in [2.45, 2.75) is 117 Å². The standard InChI is InChI=1S/C64H74N2O5/c1-61(2,3)49-31-27-43(28-32-49)51-37-48(40-54(65(13)14)57(51)64(10,11)12)56(68)36-22-42-19-25-46(26-20-42)60(70)71-59(69)45-23-17-41(18-24-45)21-35-55(67)47-38-52(44-29-33-50(34-30-44)62(4,5)6)58(66(15)16)53(39-47)63(7,8)9/h17-20,22-34,36-40,55-56,67-68H,1-16H3. The monoisotopic (exact) mass is 951 g/mol. The van der Waals surface area contributed by atoms with Crippen molar-refractivity contribution in [1.29, 1.82) is 0 Å². The molecule has 0 spiro atoms. The first-order valence-electron chi connectivity index (χ1n) is 24.5. The first kappa shape index (κ1) is 53.6. The van der Waals surface area contributed by atoms with Crippen LogP contribution in [0.1, 0.15) is 161 Å². The first-order valence-corrected chi connectivity index (χ1v) is 24.5. The van der Waals surface area contributed by atoms with E-state index < -0.39 is 24.1 Å². The molecule has 0 heterocycles. The number of hydrogen-bond donors (Lipinski definition) is 2. The highest BCUT2D eigenvalue weighted by molar-refractivity contribution is 6.02. The Morgan fingerprint density at radius 1 is 0.549 bits per heavy atom. The van der Waals surface area contributed by atoms with Crippen molar-refractivity contribution >= 4 is 29.4 Å². The van der Waals surface area contributed by atoms with E-state index in [9.17, 15) is 19.8 Å². The van der Waals surface area contributed by atoms with Gasteiger partial charge < -0.3 is 24.7 Å². The third-order valence-corrected chi connectivity index (χ3v) is 12.8. The van der Waals surface area contributed by atoms with Crippen LogP contribution >= 0.6 is 0 Å². The van der Waals surface area contributed by atoms with Crippen molar-refractivity contribution in [3.63, 3.8) is 0 Å². The van der Waals surface area contributed by atoms with Crippen molar-refractivity contribution in [2.75, 3.05) is 38.0 Å². The van der Waals surface area contributed by atoms with Gasteiger partial charge in [0.15, 0.2) is 0 Å². The number of carbonyl (C=O) groups is 2. The molecular formula is C64H74N2O5. The van der Waals surface area contributed by atoms with Crippen molar-refractivity contribution in [3.8, 4) is 34.1 Å². The predicted molar refractivity (Wildman–Crippen MR) is 296 cm³/mol. The van der Waals surface area contributed by atoms with Gasteiger partial charge in [-0.2, -0.15) is 0 Å². The number of anilines is 2. The lowest BCUT2D eigenvalue weighted by atomic mass is 9.78. The second-order valence-corrected chi connectivity index (χ2v) is 23.2. The molecule has 6 rings (SSSR count). The van der Waals surface area contributed by atoms with Gasteiger partial charge in [-0.05, 0) is 138 Å². The number of benzene rings is 6. The van der Waals surface area contributed by atoms with Crippen LogP contribution in [0, 0.1) is 11.8 Å². The summed E-state index contributed by atoms with van der Waals surface area (Å²) in [6, 6.07) is 38.7. The molecule has 0 amide bonds. The SMILES string of the molecule is CN(C)c1cc(C(O)C=Cc2ccc(C(=O)OC(=O)c3ccc(C#CC(O)c4cc(-c5ccc(C(C)(C)C)cc5)c(N(C)C)c(C(C)(C)C)c4)cc3)cc2)cc(-c2ccc(C(C)(C)C)cc2)c1C(C)(C)C. The lowest BCUT2D eigenvalue weighted by Gasteiger charge is -2.31. The van der Waals surface area contributed by atoms with E-state index in [1.165, 1.54) is 16.7 Å². The van der Waals surface area contributed by atoms with Crippen molar-refractivity contribution in [3.05, 3.63) is 183 Å². The molecular weight excluding hydrogens is 877 g/mol. The Kier molecular flexibility index (Phi) is 15.8. The quantitative estimate of drug-likeness (QED) is 0.0803. The fourth-order valence-electron chi connectivity index (χ4n) is 8.75. The highest BCUT2D eigenvalue weighted by atomic mass is 16.6. The predicted octanol–water partition coefficient (Wildman–Crippen LogP) is 14.2. The van der Waals surface area contributed by atoms with Gasteiger partial charge in [0.05, 0.1) is 17.2 Å². The zero-order chi connectivity index (χ0) is 52.4. The van der Waals surface area contributed by atoms with Crippen LogP contribution in [0.3, 0.4) is 0 Å². The van der Waals surface area contributed by atoms with Gasteiger partial charge in [-0.3, -0.25) is 0 Å². The number of nitrogens with zero attached hydrogens (tertiary/aromatic N) is 2. The van der Waals surface area contributed by atoms with Gasteiger partial charge in [0.1, 0.15) is 6.10 Å². The maximum atomic E-state index is 13.1. The summed E-state index contributed by atoms with van der Waals surface area (Å²) in [4.78, 5) is 30.5. The minimum atomic E-state index is -1.08. The summed E-state index contributed by atoms with van der Waals surface area (Å²) in [5.74, 6) is 4.50. The summed E-state index contributed by atoms with van der Waals surface area (Å²) in [6.45, 7) is 26.4. The Morgan fingerprint density at radius 2 is 1.03 bits per heavy atom. The van der Waals surface area contributed by atoms with Crippen LogP contribution < -0.4 is 9.80 Å². The molecule has 0 aliphatic heterocycles. The Labute approximate surface area is 424 Å². The normalized spacial score (nSPS) is 13.0. The van der Waals surface area contributed by atoms with E-state index in [1.807, 2.05) is 46.4 Å². The Morgan fingerprint density at radius 3 is 1.48 bits per heavy atom. The van der Waals surface area contributed by atoms with Crippen molar-refractivity contribution < 1.29 is 24.5 Å². The molecule has 0 aliphatic carbocycles. The second-order valence-electron chi connectivity index (χ2n) is 23.2. The number of aliphatic hydroxyl groups excluding tert-OH is 2. The number of hydrogen-bond acceptors (Lipinski definition) is 7. The number of aliphatic hydroxyl groups is 2. The van der Waals surface area contributed by atoms with Gasteiger partial charge in [0, 0.05) is 50.7 Å². The van der Waals surface area contributed by atoms with Gasteiger partial charge in [-0.1, -0.05) is 168 Å². The highest BCUT2D eigenvalue weighted by Gasteiger charge is 2.28. The summed E-state index contributed by atoms with van der Waals surface area (Å²) in [5, 5.41) is 23.1. The smallest absolute Gasteiger partial charge is 0.346 e. The van der Waals surface area contributed by atoms with Gasteiger partial charge >= 0.3 is 11.9 Å². The van der Waals surface area contributed by atoms with Gasteiger partial charge in [0.2, 0.25) is 0 Å². The lowest BCUT2D eigenvalue weighted by molar-refractivity contribution is 0.0397. The average molecular weight is 951 g/mol. The molecule has 6 aromatic rings. The molecule has 2 unspecified atom stereocenters. The van der Waals surface area contributed by atoms with Crippen LogP contribution in [0.5, 0.6) is 0 Å². The molecule has 2 N–H and O–H groups in total. The molecule has 370 valence electrons. The fourth-order valence-corrected chi connectivity index (χ4v) is 8.75. The average Bonchev–Trinajstić information content (AvgIpc) is 3.30. The van der Waals surface area contributed by atoms with Crippen LogP contribution in [0.4, 0.5) is 11.4 Å². The van der Waals surface area contributed by atoms with Crippen LogP contribution in [0.25, 0.3) is 28.3 Å². The fraction of sp³-hybridized carbons (Fsp3) is 0.344. The molecule has 6 aromatic carbocycles. The van der Waals surface area contributed by atoms with E-state index in [0.29, 0.717) is 11.1 Å². The molecule has 7 nitrogen and oxygen atoms in total. The molecule has 0 saturated carbocycles. The van der Waals surface area contributed by atoms with E-state index in [0.717, 1.165) is 50.3 Å². The topological polar surface area (TPSA) is 90.3 Å². The molecule has 0 radical (unpaired) electrons. The van der Waals surface area contributed by atoms with E-state index in [-0.39, 0.29) is 32.8 Å². The van der Waals surface area contributed by atoms with Gasteiger partial charge in [0.25, 0.3) is 0 Å². The molecule has 0 aliphatic rings. The maximum absolute atomic E-state index is 13.1. The van der Waals surface area contributed by atoms with Crippen LogP contribution in [-0.2, 0) is 26.4 Å². The van der Waals surface area contributed by atoms with E-state index in [4.69, 9.17) is 4.74 Å². The number of esters is 2. The summed E-state index contributed by atoms with van der Waals surface area (Å²) in [6.07, 6.45) is 1.57. The number of ether oxygens (including phenoxy) is 1. The Bertz CT molecular complexity index is 2960. The zero-order valence-electron chi connectivity index (χ0n) is 44.9. The van der Waals surface area contributed by atoms with E-state index in [1.54, 1.807) is 54.6 Å². The minimum Gasteiger partial charge on any atom is -0.386 e. The van der Waals surface area contributed by atoms with Crippen LogP contribution in [0.15, 0.2) is 127 Å². The van der Waals surface area contributed by atoms with Crippen molar-refractivity contribution in [1.82, 2.24) is 0 Å². The van der Waals surface area contributed by atoms with E-state index >= 15 is 0 Å². The van der Waals surface area contributed by atoms with Gasteiger partial charge in [-0.25, -0.2) is 9.59 Å². The summed E-state index contributed by atoms with van der Waals surface area (Å²) >= 11 is 0. The molecule has 0 fully saturated rings. The van der Waals surface area contributed by atoms with Crippen LogP contribution in [-0.4, -0.2) is 50.3 Å². The highest BCUT2D eigenvalue weighted by Crippen LogP contribution is 2.44. The van der Waals surface area contributed by atoms with E-state index in [2.05, 4.69) is 165 Å². The minimum absolute atomic E-state index is 0.0224. The largest absolute Gasteiger partial charge is 0.386 e. The lowest BCUT2D eigenvalue weighted by Crippen LogP contribution is -2.21. The summed E-state index contributed by atoms with van der Waals surface area (Å²) < 4.78 is 5.27. The second kappa shape index (κ2) is 20.9.